The molecule has 0 bridgehead atoms. The molecule has 3 heteroatoms. The van der Waals surface area contributed by atoms with Crippen LogP contribution in [0.3, 0.4) is 0 Å². The van der Waals surface area contributed by atoms with Crippen molar-refractivity contribution in [1.29, 1.82) is 0 Å². The van der Waals surface area contributed by atoms with Crippen LogP contribution in [-0.4, -0.2) is 21.4 Å². The Morgan fingerprint density at radius 2 is 1.43 bits per heavy atom. The standard InChI is InChI=1S/C20H29N3/c1-17(13-20(2,3)4)14-23(15-18-9-5-7-11-21-18)16-19-10-6-8-12-22-19/h5-12,17H,13-16H2,1-4H3. The average molecular weight is 311 g/mol. The third kappa shape index (κ3) is 6.91. The van der Waals surface area contributed by atoms with Crippen LogP contribution in [0.2, 0.25) is 0 Å². The summed E-state index contributed by atoms with van der Waals surface area (Å²) in [5.41, 5.74) is 2.60. The molecule has 2 heterocycles. The second kappa shape index (κ2) is 8.21. The van der Waals surface area contributed by atoms with E-state index in [2.05, 4.69) is 66.8 Å². The van der Waals surface area contributed by atoms with Crippen molar-refractivity contribution >= 4 is 0 Å². The quantitative estimate of drug-likeness (QED) is 0.751. The van der Waals surface area contributed by atoms with Gasteiger partial charge in [0.25, 0.3) is 0 Å². The van der Waals surface area contributed by atoms with Crippen LogP contribution in [0.25, 0.3) is 0 Å². The van der Waals surface area contributed by atoms with Crippen LogP contribution in [0, 0.1) is 11.3 Å². The van der Waals surface area contributed by atoms with E-state index in [1.54, 1.807) is 0 Å². The highest BCUT2D eigenvalue weighted by atomic mass is 15.1. The molecule has 0 aliphatic heterocycles. The molecule has 1 unspecified atom stereocenters. The number of hydrogen-bond donors (Lipinski definition) is 0. The minimum atomic E-state index is 0.362. The Morgan fingerprint density at radius 1 is 0.913 bits per heavy atom. The van der Waals surface area contributed by atoms with Crippen molar-refractivity contribution in [3.05, 3.63) is 60.2 Å². The van der Waals surface area contributed by atoms with E-state index in [-0.39, 0.29) is 0 Å². The molecule has 0 aliphatic carbocycles. The van der Waals surface area contributed by atoms with E-state index in [4.69, 9.17) is 0 Å². The zero-order valence-electron chi connectivity index (χ0n) is 14.9. The zero-order valence-corrected chi connectivity index (χ0v) is 14.9. The molecule has 124 valence electrons. The monoisotopic (exact) mass is 311 g/mol. The normalized spacial score (nSPS) is 13.3. The summed E-state index contributed by atoms with van der Waals surface area (Å²) in [6.45, 7) is 12.1. The van der Waals surface area contributed by atoms with Crippen molar-refractivity contribution < 1.29 is 0 Å². The average Bonchev–Trinajstić information content (AvgIpc) is 2.47. The van der Waals surface area contributed by atoms with Crippen LogP contribution in [0.15, 0.2) is 48.8 Å². The van der Waals surface area contributed by atoms with E-state index in [9.17, 15) is 0 Å². The SMILES string of the molecule is CC(CN(Cc1ccccn1)Cc1ccccn1)CC(C)(C)C. The molecule has 3 nitrogen and oxygen atoms in total. The zero-order chi connectivity index (χ0) is 16.7. The van der Waals surface area contributed by atoms with Crippen molar-refractivity contribution in [2.45, 2.75) is 47.2 Å². The van der Waals surface area contributed by atoms with Crippen molar-refractivity contribution in [3.63, 3.8) is 0 Å². The predicted molar refractivity (Wildman–Crippen MR) is 95.8 cm³/mol. The molecule has 0 N–H and O–H groups in total. The second-order valence-electron chi connectivity index (χ2n) is 7.68. The first kappa shape index (κ1) is 17.6. The van der Waals surface area contributed by atoms with Gasteiger partial charge in [0.05, 0.1) is 11.4 Å². The van der Waals surface area contributed by atoms with Crippen LogP contribution in [0.4, 0.5) is 0 Å². The first-order chi connectivity index (χ1) is 10.9. The lowest BCUT2D eigenvalue weighted by atomic mass is 9.85. The molecule has 23 heavy (non-hydrogen) atoms. The molecule has 0 spiro atoms. The fourth-order valence-corrected chi connectivity index (χ4v) is 3.18. The topological polar surface area (TPSA) is 29.0 Å². The molecule has 1 atom stereocenters. The summed E-state index contributed by atoms with van der Waals surface area (Å²) in [4.78, 5) is 11.4. The second-order valence-corrected chi connectivity index (χ2v) is 7.68. The van der Waals surface area contributed by atoms with Gasteiger partial charge in [0, 0.05) is 32.0 Å². The van der Waals surface area contributed by atoms with Gasteiger partial charge in [-0.05, 0) is 42.0 Å². The summed E-state index contributed by atoms with van der Waals surface area (Å²) in [7, 11) is 0. The van der Waals surface area contributed by atoms with Gasteiger partial charge >= 0.3 is 0 Å². The Morgan fingerprint density at radius 3 is 1.83 bits per heavy atom. The van der Waals surface area contributed by atoms with Crippen molar-refractivity contribution in [1.82, 2.24) is 14.9 Å². The number of pyridine rings is 2. The van der Waals surface area contributed by atoms with Gasteiger partial charge < -0.3 is 0 Å². The largest absolute Gasteiger partial charge is 0.291 e. The maximum atomic E-state index is 4.48. The smallest absolute Gasteiger partial charge is 0.0544 e. The molecule has 0 radical (unpaired) electrons. The van der Waals surface area contributed by atoms with E-state index in [0.29, 0.717) is 11.3 Å². The summed E-state index contributed by atoms with van der Waals surface area (Å²) < 4.78 is 0. The van der Waals surface area contributed by atoms with Crippen LogP contribution in [0.5, 0.6) is 0 Å². The number of aromatic nitrogens is 2. The maximum Gasteiger partial charge on any atom is 0.0544 e. The first-order valence-electron chi connectivity index (χ1n) is 8.44. The third-order valence-electron chi connectivity index (χ3n) is 3.75. The van der Waals surface area contributed by atoms with Crippen molar-refractivity contribution in [2.75, 3.05) is 6.54 Å². The highest BCUT2D eigenvalue weighted by Crippen LogP contribution is 2.25. The molecule has 2 aromatic heterocycles. The van der Waals surface area contributed by atoms with Crippen LogP contribution >= 0.6 is 0 Å². The highest BCUT2D eigenvalue weighted by molar-refractivity contribution is 5.06. The summed E-state index contributed by atoms with van der Waals surface area (Å²) >= 11 is 0. The molecule has 2 aromatic rings. The van der Waals surface area contributed by atoms with E-state index in [0.717, 1.165) is 31.0 Å². The van der Waals surface area contributed by atoms with Crippen molar-refractivity contribution in [2.24, 2.45) is 11.3 Å². The molecule has 0 saturated heterocycles. The van der Waals surface area contributed by atoms with E-state index < -0.39 is 0 Å². The Kier molecular flexibility index (Phi) is 6.28. The van der Waals surface area contributed by atoms with Gasteiger partial charge in [0.1, 0.15) is 0 Å². The fraction of sp³-hybridized carbons (Fsp3) is 0.500. The third-order valence-corrected chi connectivity index (χ3v) is 3.75. The molecule has 0 amide bonds. The summed E-state index contributed by atoms with van der Waals surface area (Å²) in [5, 5.41) is 0. The fourth-order valence-electron chi connectivity index (χ4n) is 3.18. The Labute approximate surface area is 140 Å². The van der Waals surface area contributed by atoms with Crippen LogP contribution in [-0.2, 0) is 13.1 Å². The Balaban J connectivity index is 2.04. The minimum absolute atomic E-state index is 0.362. The van der Waals surface area contributed by atoms with Gasteiger partial charge in [-0.1, -0.05) is 39.8 Å². The van der Waals surface area contributed by atoms with Crippen LogP contribution in [0.1, 0.15) is 45.5 Å². The molecule has 0 fully saturated rings. The Bertz CT molecular complexity index is 519. The predicted octanol–water partition coefficient (Wildman–Crippen LogP) is 4.55. The molecular formula is C20H29N3. The van der Waals surface area contributed by atoms with Gasteiger partial charge in [-0.15, -0.1) is 0 Å². The summed E-state index contributed by atoms with van der Waals surface area (Å²) in [5.74, 6) is 0.641. The summed E-state index contributed by atoms with van der Waals surface area (Å²) in [6, 6.07) is 12.2. The molecule has 2 rings (SSSR count). The highest BCUT2D eigenvalue weighted by Gasteiger charge is 2.18. The van der Waals surface area contributed by atoms with E-state index >= 15 is 0 Å². The maximum absolute atomic E-state index is 4.48. The van der Waals surface area contributed by atoms with Gasteiger partial charge in [0.2, 0.25) is 0 Å². The molecule has 0 aromatic carbocycles. The first-order valence-corrected chi connectivity index (χ1v) is 8.44. The Hall–Kier alpha value is -1.74. The lowest BCUT2D eigenvalue weighted by molar-refractivity contribution is 0.184. The minimum Gasteiger partial charge on any atom is -0.291 e. The lowest BCUT2D eigenvalue weighted by Crippen LogP contribution is -2.30. The van der Waals surface area contributed by atoms with Gasteiger partial charge in [-0.2, -0.15) is 0 Å². The number of rotatable bonds is 7. The van der Waals surface area contributed by atoms with Crippen molar-refractivity contribution in [3.8, 4) is 0 Å². The van der Waals surface area contributed by atoms with Crippen LogP contribution < -0.4 is 0 Å². The number of nitrogens with zero attached hydrogens (tertiary/aromatic N) is 3. The summed E-state index contributed by atoms with van der Waals surface area (Å²) in [6.07, 6.45) is 4.95. The molecular weight excluding hydrogens is 282 g/mol. The van der Waals surface area contributed by atoms with Gasteiger partial charge in [-0.25, -0.2) is 0 Å². The van der Waals surface area contributed by atoms with E-state index in [1.807, 2.05) is 24.5 Å². The van der Waals surface area contributed by atoms with E-state index in [1.165, 1.54) is 6.42 Å². The lowest BCUT2D eigenvalue weighted by Gasteiger charge is -2.29. The van der Waals surface area contributed by atoms with Gasteiger partial charge in [-0.3, -0.25) is 14.9 Å². The number of hydrogen-bond acceptors (Lipinski definition) is 3. The molecule has 0 aliphatic rings. The van der Waals surface area contributed by atoms with Gasteiger partial charge in [0.15, 0.2) is 0 Å². The molecule has 0 saturated carbocycles.